The zero-order chi connectivity index (χ0) is 28.3. The molecule has 0 radical (unpaired) electrons. The predicted molar refractivity (Wildman–Crippen MR) is 145 cm³/mol. The molecule has 0 saturated heterocycles. The van der Waals surface area contributed by atoms with Crippen LogP contribution in [0.2, 0.25) is 0 Å². The first kappa shape index (κ1) is 27.1. The monoisotopic (exact) mass is 533 g/mol. The number of hydrogen-bond donors (Lipinski definition) is 2. The summed E-state index contributed by atoms with van der Waals surface area (Å²) in [6.45, 7) is 6.61. The number of carbonyl (C=O) groups excluding carboxylic acids is 3. The van der Waals surface area contributed by atoms with E-state index in [1.807, 2.05) is 24.3 Å². The first-order chi connectivity index (χ1) is 18.4. The Morgan fingerprint density at radius 3 is 2.36 bits per heavy atom. The molecule has 0 spiro atoms. The molecular formula is C28H27N3O8. The van der Waals surface area contributed by atoms with Gasteiger partial charge in [-0.05, 0) is 49.9 Å². The number of fused-ring (bicyclic) bond motifs is 2. The van der Waals surface area contributed by atoms with Crippen LogP contribution in [0.3, 0.4) is 0 Å². The number of nitro benzene ring substituents is 1. The number of amides is 2. The fourth-order valence-corrected chi connectivity index (χ4v) is 4.07. The lowest BCUT2D eigenvalue weighted by Crippen LogP contribution is -2.27. The van der Waals surface area contributed by atoms with E-state index in [-0.39, 0.29) is 24.5 Å². The number of furan rings is 1. The Kier molecular flexibility index (Phi) is 7.52. The summed E-state index contributed by atoms with van der Waals surface area (Å²) in [5, 5.41) is 18.5. The molecule has 0 bridgehead atoms. The predicted octanol–water partition coefficient (Wildman–Crippen LogP) is 6.20. The number of nitro groups is 1. The van der Waals surface area contributed by atoms with Crippen LogP contribution < -0.4 is 10.6 Å². The molecule has 0 atom stereocenters. The quantitative estimate of drug-likeness (QED) is 0.162. The molecule has 4 rings (SSSR count). The lowest BCUT2D eigenvalue weighted by Gasteiger charge is -2.21. The van der Waals surface area contributed by atoms with Crippen LogP contribution in [-0.4, -0.2) is 35.1 Å². The largest absolute Gasteiger partial charge is 0.466 e. The van der Waals surface area contributed by atoms with Crippen LogP contribution >= 0.6 is 0 Å². The second-order valence-electron chi connectivity index (χ2n) is 9.76. The van der Waals surface area contributed by atoms with E-state index >= 15 is 0 Å². The third kappa shape index (κ3) is 6.50. The highest BCUT2D eigenvalue weighted by atomic mass is 16.6. The van der Waals surface area contributed by atoms with Crippen molar-refractivity contribution >= 4 is 56.8 Å². The zero-order valence-corrected chi connectivity index (χ0v) is 21.8. The van der Waals surface area contributed by atoms with Gasteiger partial charge in [0.2, 0.25) is 0 Å². The molecule has 0 aliphatic rings. The first-order valence-electron chi connectivity index (χ1n) is 12.1. The van der Waals surface area contributed by atoms with Gasteiger partial charge in [0.05, 0.1) is 17.2 Å². The number of nitrogens with zero attached hydrogens (tertiary/aromatic N) is 1. The van der Waals surface area contributed by atoms with E-state index in [1.165, 1.54) is 31.2 Å². The summed E-state index contributed by atoms with van der Waals surface area (Å²) < 4.78 is 16.2. The number of esters is 1. The van der Waals surface area contributed by atoms with Gasteiger partial charge in [-0.15, -0.1) is 0 Å². The van der Waals surface area contributed by atoms with Crippen molar-refractivity contribution in [1.29, 1.82) is 0 Å². The smallest absolute Gasteiger partial charge is 0.412 e. The molecule has 4 aromatic rings. The molecule has 1 aromatic heterocycles. The maximum Gasteiger partial charge on any atom is 0.412 e. The van der Waals surface area contributed by atoms with Crippen LogP contribution in [0, 0.1) is 10.1 Å². The van der Waals surface area contributed by atoms with Crippen LogP contribution in [0.25, 0.3) is 21.7 Å². The van der Waals surface area contributed by atoms with Gasteiger partial charge in [0.15, 0.2) is 5.76 Å². The highest BCUT2D eigenvalue weighted by Crippen LogP contribution is 2.35. The number of ether oxygens (including phenoxy) is 2. The summed E-state index contributed by atoms with van der Waals surface area (Å²) in [6, 6.07) is 14.3. The second-order valence-corrected chi connectivity index (χ2v) is 9.76. The van der Waals surface area contributed by atoms with Gasteiger partial charge in [0.1, 0.15) is 11.2 Å². The van der Waals surface area contributed by atoms with E-state index in [0.29, 0.717) is 38.7 Å². The average Bonchev–Trinajstić information content (AvgIpc) is 3.28. The third-order valence-electron chi connectivity index (χ3n) is 5.63. The summed E-state index contributed by atoms with van der Waals surface area (Å²) in [5.74, 6) is -1.11. The fourth-order valence-electron chi connectivity index (χ4n) is 4.07. The summed E-state index contributed by atoms with van der Waals surface area (Å²) in [6.07, 6.45) is -0.397. The minimum atomic E-state index is -0.725. The van der Waals surface area contributed by atoms with Gasteiger partial charge in [0, 0.05) is 41.9 Å². The van der Waals surface area contributed by atoms with E-state index in [0.717, 1.165) is 0 Å². The molecule has 0 unspecified atom stereocenters. The molecule has 11 heteroatoms. The van der Waals surface area contributed by atoms with Gasteiger partial charge in [-0.2, -0.15) is 0 Å². The topological polar surface area (TPSA) is 150 Å². The molecule has 1 heterocycles. The molecule has 0 saturated carbocycles. The van der Waals surface area contributed by atoms with Gasteiger partial charge in [-0.25, -0.2) is 4.79 Å². The molecule has 0 aliphatic heterocycles. The molecule has 0 aliphatic carbocycles. The number of nitrogens with one attached hydrogen (secondary N) is 2. The highest BCUT2D eigenvalue weighted by Gasteiger charge is 2.21. The summed E-state index contributed by atoms with van der Waals surface area (Å²) in [5.41, 5.74) is 0.871. The van der Waals surface area contributed by atoms with E-state index in [9.17, 15) is 24.5 Å². The Balaban J connectivity index is 1.74. The molecule has 3 aromatic carbocycles. The molecule has 0 fully saturated rings. The average molecular weight is 534 g/mol. The van der Waals surface area contributed by atoms with Crippen LogP contribution in [-0.2, 0) is 20.7 Å². The molecule has 39 heavy (non-hydrogen) atoms. The van der Waals surface area contributed by atoms with Crippen LogP contribution in [0.1, 0.15) is 43.8 Å². The van der Waals surface area contributed by atoms with Crippen molar-refractivity contribution in [2.24, 2.45) is 0 Å². The minimum Gasteiger partial charge on any atom is -0.466 e. The van der Waals surface area contributed by atoms with E-state index in [1.54, 1.807) is 26.8 Å². The lowest BCUT2D eigenvalue weighted by molar-refractivity contribution is -0.384. The minimum absolute atomic E-state index is 0.0637. The van der Waals surface area contributed by atoms with Crippen molar-refractivity contribution in [3.63, 3.8) is 0 Å². The SMILES string of the molecule is CC(=O)OCCc1c(NC(=O)c2cc3cc([N+](=O)[O-])ccc3o2)cc(NC(=O)OC(C)(C)C)c2ccccc12. The number of rotatable bonds is 7. The second kappa shape index (κ2) is 10.8. The molecule has 11 nitrogen and oxygen atoms in total. The van der Waals surface area contributed by atoms with Crippen molar-refractivity contribution < 1.29 is 33.2 Å². The Labute approximate surface area is 223 Å². The van der Waals surface area contributed by atoms with Crippen molar-refractivity contribution in [3.8, 4) is 0 Å². The van der Waals surface area contributed by atoms with Crippen molar-refractivity contribution in [2.75, 3.05) is 17.2 Å². The number of benzene rings is 3. The standard InChI is InChI=1S/C28H27N3O8/c1-16(32)37-12-11-21-19-7-5-6-8-20(19)23(30-27(34)39-28(2,3)4)15-22(21)29-26(33)25-14-17-13-18(31(35)36)9-10-24(17)38-25/h5-10,13-15H,11-12H2,1-4H3,(H,29,33)(H,30,34). The molecule has 202 valence electrons. The van der Waals surface area contributed by atoms with E-state index < -0.39 is 28.5 Å². The third-order valence-corrected chi connectivity index (χ3v) is 5.63. The summed E-state index contributed by atoms with van der Waals surface area (Å²) in [4.78, 5) is 47.8. The van der Waals surface area contributed by atoms with Gasteiger partial charge in [0.25, 0.3) is 11.6 Å². The van der Waals surface area contributed by atoms with Gasteiger partial charge < -0.3 is 19.2 Å². The fraction of sp³-hybridized carbons (Fsp3) is 0.250. The Morgan fingerprint density at radius 1 is 0.974 bits per heavy atom. The number of non-ortho nitro benzene ring substituents is 1. The Bertz CT molecular complexity index is 1600. The van der Waals surface area contributed by atoms with E-state index in [2.05, 4.69) is 10.6 Å². The summed E-state index contributed by atoms with van der Waals surface area (Å²) in [7, 11) is 0. The number of hydrogen-bond acceptors (Lipinski definition) is 8. The Morgan fingerprint density at radius 2 is 1.69 bits per heavy atom. The number of anilines is 2. The highest BCUT2D eigenvalue weighted by molar-refractivity contribution is 6.10. The van der Waals surface area contributed by atoms with Gasteiger partial charge in [-0.1, -0.05) is 24.3 Å². The maximum atomic E-state index is 13.3. The van der Waals surface area contributed by atoms with Crippen molar-refractivity contribution in [1.82, 2.24) is 0 Å². The molecule has 2 N–H and O–H groups in total. The van der Waals surface area contributed by atoms with Gasteiger partial charge >= 0.3 is 12.1 Å². The van der Waals surface area contributed by atoms with Crippen LogP contribution in [0.4, 0.5) is 21.9 Å². The zero-order valence-electron chi connectivity index (χ0n) is 21.8. The van der Waals surface area contributed by atoms with Gasteiger partial charge in [-0.3, -0.25) is 25.0 Å². The first-order valence-corrected chi connectivity index (χ1v) is 12.1. The van der Waals surface area contributed by atoms with Crippen LogP contribution in [0.15, 0.2) is 59.0 Å². The maximum absolute atomic E-state index is 13.3. The lowest BCUT2D eigenvalue weighted by atomic mass is 9.98. The summed E-state index contributed by atoms with van der Waals surface area (Å²) >= 11 is 0. The van der Waals surface area contributed by atoms with E-state index in [4.69, 9.17) is 13.9 Å². The normalized spacial score (nSPS) is 11.3. The molecular weight excluding hydrogens is 506 g/mol. The van der Waals surface area contributed by atoms with Crippen molar-refractivity contribution in [2.45, 2.75) is 39.7 Å². The van der Waals surface area contributed by atoms with Crippen LogP contribution in [0.5, 0.6) is 0 Å². The number of carbonyl (C=O) groups is 3. The van der Waals surface area contributed by atoms with Crippen molar-refractivity contribution in [3.05, 3.63) is 76.0 Å². The Hall–Kier alpha value is -4.93. The molecule has 2 amide bonds.